The summed E-state index contributed by atoms with van der Waals surface area (Å²) in [6.45, 7) is 3.80. The van der Waals surface area contributed by atoms with Crippen LogP contribution in [0.15, 0.2) is 47.2 Å². The molecule has 1 amide bonds. The van der Waals surface area contributed by atoms with Crippen molar-refractivity contribution in [2.75, 3.05) is 33.2 Å². The van der Waals surface area contributed by atoms with Crippen molar-refractivity contribution in [3.05, 3.63) is 65.3 Å². The van der Waals surface area contributed by atoms with Crippen LogP contribution in [0.1, 0.15) is 60.2 Å². The van der Waals surface area contributed by atoms with E-state index in [1.807, 2.05) is 38.2 Å². The highest BCUT2D eigenvalue weighted by Gasteiger charge is 2.55. The maximum atomic E-state index is 15.4. The Hall–Kier alpha value is -3.17. The molecule has 2 aliphatic heterocycles. The summed E-state index contributed by atoms with van der Waals surface area (Å²) in [5.74, 6) is -1.04. The lowest BCUT2D eigenvalue weighted by Gasteiger charge is -2.55. The van der Waals surface area contributed by atoms with Gasteiger partial charge in [0.15, 0.2) is 0 Å². The molecule has 2 aromatic heterocycles. The van der Waals surface area contributed by atoms with Gasteiger partial charge in [0.1, 0.15) is 5.60 Å². The van der Waals surface area contributed by atoms with Crippen LogP contribution in [0.25, 0.3) is 11.4 Å². The molecule has 9 heteroatoms. The Kier molecular flexibility index (Phi) is 4.92. The van der Waals surface area contributed by atoms with Gasteiger partial charge in [0, 0.05) is 53.0 Å². The zero-order chi connectivity index (χ0) is 28.4. The summed E-state index contributed by atoms with van der Waals surface area (Å²) in [6, 6.07) is 9.69. The Morgan fingerprint density at radius 1 is 1.19 bits per heavy atom. The van der Waals surface area contributed by atoms with E-state index in [4.69, 9.17) is 8.64 Å². The molecule has 0 spiro atoms. The Balaban J connectivity index is 1.46. The molecule has 4 heterocycles. The minimum atomic E-state index is -2.84. The van der Waals surface area contributed by atoms with Gasteiger partial charge in [0.25, 0.3) is 5.89 Å². The first kappa shape index (κ1) is 21.0. The minimum Gasteiger partial charge on any atom is -0.380 e. The van der Waals surface area contributed by atoms with Crippen LogP contribution in [0.2, 0.25) is 0 Å². The van der Waals surface area contributed by atoms with Crippen LogP contribution < -0.4 is 0 Å². The molecule has 0 bridgehead atoms. The number of alkyl halides is 1. The second kappa shape index (κ2) is 8.45. The molecule has 3 aromatic rings. The van der Waals surface area contributed by atoms with Crippen LogP contribution in [0.3, 0.4) is 0 Å². The van der Waals surface area contributed by atoms with Crippen LogP contribution in [0, 0.1) is 5.41 Å². The molecule has 5 rings (SSSR count). The van der Waals surface area contributed by atoms with Crippen molar-refractivity contribution in [3.8, 4) is 11.4 Å². The van der Waals surface area contributed by atoms with E-state index in [9.17, 15) is 9.90 Å². The van der Waals surface area contributed by atoms with E-state index < -0.39 is 42.5 Å². The predicted molar refractivity (Wildman–Crippen MR) is 132 cm³/mol. The quantitative estimate of drug-likeness (QED) is 0.558. The third-order valence-corrected chi connectivity index (χ3v) is 7.50. The number of halogens is 1. The average molecular weight is 497 g/mol. The molecule has 2 fully saturated rings. The van der Waals surface area contributed by atoms with Gasteiger partial charge in [0.2, 0.25) is 17.4 Å². The number of nitrogens with zero attached hydrogens (tertiary/aromatic N) is 5. The van der Waals surface area contributed by atoms with Crippen molar-refractivity contribution < 1.29 is 22.9 Å². The van der Waals surface area contributed by atoms with Crippen LogP contribution in [0.5, 0.6) is 0 Å². The fraction of sp³-hybridized carbons (Fsp3) is 0.481. The maximum absolute atomic E-state index is 15.4. The monoisotopic (exact) mass is 496 g/mol. The molecule has 36 heavy (non-hydrogen) atoms. The molecular weight excluding hydrogens is 461 g/mol. The largest absolute Gasteiger partial charge is 0.380 e. The lowest BCUT2D eigenvalue weighted by atomic mass is 9.62. The molecular formula is C27H32FN5O3. The first-order chi connectivity index (χ1) is 18.2. The lowest BCUT2D eigenvalue weighted by Crippen LogP contribution is -2.63. The highest BCUT2D eigenvalue weighted by molar-refractivity contribution is 5.74. The Morgan fingerprint density at radius 2 is 1.89 bits per heavy atom. The third kappa shape index (κ3) is 3.81. The summed E-state index contributed by atoms with van der Waals surface area (Å²) in [7, 11) is 2.00. The van der Waals surface area contributed by atoms with Crippen LogP contribution in [-0.2, 0) is 16.1 Å². The number of benzene rings is 1. The number of likely N-dealkylation sites (tertiary alicyclic amines) is 2. The number of pyridine rings is 1. The van der Waals surface area contributed by atoms with Crippen molar-refractivity contribution in [3.63, 3.8) is 0 Å². The van der Waals surface area contributed by atoms with Gasteiger partial charge >= 0.3 is 0 Å². The van der Waals surface area contributed by atoms with E-state index >= 15 is 4.39 Å². The number of carbonyl (C=O) groups excluding carboxylic acids is 1. The fourth-order valence-electron chi connectivity index (χ4n) is 5.47. The molecule has 2 saturated heterocycles. The van der Waals surface area contributed by atoms with Gasteiger partial charge in [-0.1, -0.05) is 50.2 Å². The van der Waals surface area contributed by atoms with Crippen molar-refractivity contribution in [2.45, 2.75) is 44.8 Å². The molecule has 0 saturated carbocycles. The molecule has 0 unspecified atom stereocenters. The predicted octanol–water partition coefficient (Wildman–Crippen LogP) is 3.47. The fourth-order valence-corrected chi connectivity index (χ4v) is 5.47. The van der Waals surface area contributed by atoms with Crippen molar-refractivity contribution in [2.24, 2.45) is 5.41 Å². The van der Waals surface area contributed by atoms with Gasteiger partial charge in [-0.25, -0.2) is 4.39 Å². The molecule has 190 valence electrons. The number of rotatable bonds is 6. The first-order valence-corrected chi connectivity index (χ1v) is 12.0. The summed E-state index contributed by atoms with van der Waals surface area (Å²) < 4.78 is 42.2. The molecule has 0 radical (unpaired) electrons. The standard InChI is InChI=1S/C27H32FN5O3/c1-17(2)19-6-8-21(9-7-19)27(35,25(4)13-32(5)14-25)22-10-20(11-29-12-22)23-30-24(36-31-23)26(28)15-33(16-26)18(3)34/h6-12,17,35H,13-16H2,1-5H3/t27-/m0/s1/i3D3. The van der Waals surface area contributed by atoms with E-state index in [-0.39, 0.29) is 11.7 Å². The summed E-state index contributed by atoms with van der Waals surface area (Å²) >= 11 is 0. The lowest BCUT2D eigenvalue weighted by molar-refractivity contribution is -0.146. The van der Waals surface area contributed by atoms with E-state index in [0.29, 0.717) is 30.1 Å². The number of amides is 1. The van der Waals surface area contributed by atoms with Gasteiger partial charge in [-0.05, 0) is 30.2 Å². The highest BCUT2D eigenvalue weighted by atomic mass is 19.1. The number of aromatic nitrogens is 3. The third-order valence-electron chi connectivity index (χ3n) is 7.50. The molecule has 2 aliphatic rings. The molecule has 0 aliphatic carbocycles. The summed E-state index contributed by atoms with van der Waals surface area (Å²) in [5, 5.41) is 16.3. The van der Waals surface area contributed by atoms with E-state index in [2.05, 4.69) is 33.9 Å². The van der Waals surface area contributed by atoms with Crippen LogP contribution in [0.4, 0.5) is 4.39 Å². The normalized spacial score (nSPS) is 22.1. The van der Waals surface area contributed by atoms with Crippen LogP contribution in [-0.4, -0.2) is 69.2 Å². The van der Waals surface area contributed by atoms with Crippen molar-refractivity contribution in [1.82, 2.24) is 24.9 Å². The smallest absolute Gasteiger partial charge is 0.268 e. The van der Waals surface area contributed by atoms with Crippen LogP contribution >= 0.6 is 0 Å². The topological polar surface area (TPSA) is 95.6 Å². The summed E-state index contributed by atoms with van der Waals surface area (Å²) in [4.78, 5) is 23.5. The summed E-state index contributed by atoms with van der Waals surface area (Å²) in [5.41, 5.74) is -1.14. The van der Waals surface area contributed by atoms with Gasteiger partial charge in [0.05, 0.1) is 13.1 Å². The Bertz CT molecular complexity index is 1380. The highest BCUT2D eigenvalue weighted by Crippen LogP contribution is 2.50. The number of carbonyl (C=O) groups is 1. The van der Waals surface area contributed by atoms with Crippen molar-refractivity contribution >= 4 is 5.91 Å². The van der Waals surface area contributed by atoms with Gasteiger partial charge in [-0.3, -0.25) is 9.78 Å². The second-order valence-corrected chi connectivity index (χ2v) is 10.7. The zero-order valence-corrected chi connectivity index (χ0v) is 20.8. The van der Waals surface area contributed by atoms with Gasteiger partial charge in [-0.15, -0.1) is 0 Å². The number of hydrogen-bond donors (Lipinski definition) is 1. The molecule has 1 N–H and O–H groups in total. The van der Waals surface area contributed by atoms with E-state index in [1.165, 1.54) is 11.8 Å². The Morgan fingerprint density at radius 3 is 2.50 bits per heavy atom. The Labute approximate surface area is 214 Å². The number of hydrogen-bond acceptors (Lipinski definition) is 7. The SMILES string of the molecule is [2H]C([2H])([2H])C(=O)N1CC(F)(c2nc(-c3cncc([C@@](O)(c4ccc(C(C)C)cc4)C4(C)CN(C)C4)c3)no2)C1. The molecule has 1 aromatic carbocycles. The van der Waals surface area contributed by atoms with Gasteiger partial charge in [-0.2, -0.15) is 4.98 Å². The minimum absolute atomic E-state index is 0.0744. The second-order valence-electron chi connectivity index (χ2n) is 10.7. The number of aliphatic hydroxyl groups is 1. The van der Waals surface area contributed by atoms with Gasteiger partial charge < -0.3 is 19.4 Å². The zero-order valence-electron chi connectivity index (χ0n) is 23.8. The molecule has 1 atom stereocenters. The van der Waals surface area contributed by atoms with Crippen molar-refractivity contribution in [1.29, 1.82) is 0 Å². The average Bonchev–Trinajstić information content (AvgIpc) is 3.35. The molecule has 8 nitrogen and oxygen atoms in total. The van der Waals surface area contributed by atoms with E-state index in [0.717, 1.165) is 10.5 Å². The van der Waals surface area contributed by atoms with E-state index in [1.54, 1.807) is 12.3 Å². The summed E-state index contributed by atoms with van der Waals surface area (Å²) in [6.07, 6.45) is 3.12. The maximum Gasteiger partial charge on any atom is 0.268 e. The first-order valence-electron chi connectivity index (χ1n) is 13.5.